The topological polar surface area (TPSA) is 85.8 Å². The van der Waals surface area contributed by atoms with Crippen molar-refractivity contribution in [3.8, 4) is 22.7 Å². The summed E-state index contributed by atoms with van der Waals surface area (Å²) in [5, 5.41) is 15.2. The normalized spacial score (nSPS) is 15.2. The number of likely N-dealkylation sites (tertiary alicyclic amines) is 1. The lowest BCUT2D eigenvalue weighted by Crippen LogP contribution is -2.32. The third kappa shape index (κ3) is 5.24. The summed E-state index contributed by atoms with van der Waals surface area (Å²) >= 11 is 0. The molecule has 5 rings (SSSR count). The molecule has 0 atom stereocenters. The van der Waals surface area contributed by atoms with Crippen LogP contribution in [0, 0.1) is 11.7 Å². The number of benzene rings is 1. The van der Waals surface area contributed by atoms with Gasteiger partial charge in [0, 0.05) is 23.9 Å². The van der Waals surface area contributed by atoms with E-state index in [0.29, 0.717) is 41.2 Å². The first-order valence-corrected chi connectivity index (χ1v) is 11.4. The number of pyridine rings is 1. The second-order valence-electron chi connectivity index (χ2n) is 8.82. The van der Waals surface area contributed by atoms with Crippen LogP contribution in [-0.2, 0) is 13.1 Å². The first-order chi connectivity index (χ1) is 17.0. The molecule has 0 aliphatic carbocycles. The zero-order valence-corrected chi connectivity index (χ0v) is 19.1. The second kappa shape index (κ2) is 9.95. The molecule has 8 nitrogen and oxygen atoms in total. The third-order valence-corrected chi connectivity index (χ3v) is 6.19. The number of nitrogens with zero attached hydrogens (tertiary/aromatic N) is 7. The fourth-order valence-electron chi connectivity index (χ4n) is 4.11. The number of hydrogen-bond donors (Lipinski definition) is 0. The Bertz CT molecular complexity index is 1280. The Kier molecular flexibility index (Phi) is 6.58. The number of halogens is 3. The predicted molar refractivity (Wildman–Crippen MR) is 121 cm³/mol. The van der Waals surface area contributed by atoms with Crippen molar-refractivity contribution in [2.45, 2.75) is 39.3 Å². The zero-order chi connectivity index (χ0) is 24.4. The van der Waals surface area contributed by atoms with Gasteiger partial charge >= 0.3 is 6.43 Å². The number of hydrogen-bond acceptors (Lipinski definition) is 7. The summed E-state index contributed by atoms with van der Waals surface area (Å²) in [4.78, 5) is 6.59. The fourth-order valence-corrected chi connectivity index (χ4v) is 4.11. The van der Waals surface area contributed by atoms with Gasteiger partial charge in [-0.05, 0) is 50.0 Å². The van der Waals surface area contributed by atoms with Gasteiger partial charge in [-0.2, -0.15) is 8.78 Å². The molecule has 1 aliphatic heterocycles. The summed E-state index contributed by atoms with van der Waals surface area (Å²) < 4.78 is 47.1. The summed E-state index contributed by atoms with van der Waals surface area (Å²) in [6.45, 7) is 5.09. The Labute approximate surface area is 199 Å². The summed E-state index contributed by atoms with van der Waals surface area (Å²) in [5.41, 5.74) is 2.58. The molecule has 0 spiro atoms. The minimum atomic E-state index is -2.83. The Morgan fingerprint density at radius 3 is 2.60 bits per heavy atom. The average Bonchev–Trinajstić information content (AvgIpc) is 3.53. The van der Waals surface area contributed by atoms with E-state index in [1.807, 2.05) is 12.1 Å². The van der Waals surface area contributed by atoms with Gasteiger partial charge in [-0.3, -0.25) is 9.88 Å². The van der Waals surface area contributed by atoms with E-state index in [9.17, 15) is 8.78 Å². The van der Waals surface area contributed by atoms with E-state index in [1.54, 1.807) is 29.1 Å². The maximum absolute atomic E-state index is 15.3. The maximum Gasteiger partial charge on any atom is 0.314 e. The molecule has 182 valence electrons. The highest BCUT2D eigenvalue weighted by molar-refractivity contribution is 5.60. The van der Waals surface area contributed by atoms with Crippen molar-refractivity contribution in [3.05, 3.63) is 65.7 Å². The van der Waals surface area contributed by atoms with Gasteiger partial charge in [0.2, 0.25) is 5.89 Å². The largest absolute Gasteiger partial charge is 0.415 e. The molecular weight excluding hydrogens is 459 g/mol. The number of aromatic nitrogens is 6. The van der Waals surface area contributed by atoms with Crippen LogP contribution >= 0.6 is 0 Å². The summed E-state index contributed by atoms with van der Waals surface area (Å²) in [6.07, 6.45) is 2.57. The van der Waals surface area contributed by atoms with Gasteiger partial charge in [0.25, 0.3) is 5.89 Å². The second-order valence-corrected chi connectivity index (χ2v) is 8.82. The van der Waals surface area contributed by atoms with Gasteiger partial charge in [0.05, 0.1) is 24.0 Å². The average molecular weight is 483 g/mol. The van der Waals surface area contributed by atoms with E-state index in [2.05, 4.69) is 37.3 Å². The van der Waals surface area contributed by atoms with E-state index >= 15 is 4.39 Å². The summed E-state index contributed by atoms with van der Waals surface area (Å²) in [6, 6.07) is 8.71. The molecule has 1 aromatic carbocycles. The monoisotopic (exact) mass is 483 g/mol. The lowest BCUT2D eigenvalue weighted by Gasteiger charge is -2.30. The van der Waals surface area contributed by atoms with Gasteiger partial charge in [-0.1, -0.05) is 24.3 Å². The lowest BCUT2D eigenvalue weighted by atomic mass is 9.98. The van der Waals surface area contributed by atoms with Crippen molar-refractivity contribution in [2.75, 3.05) is 13.1 Å². The standard InChI is InChI=1S/C24H24F3N7O/c1-15-7-9-33(10-8-15)12-17-3-2-4-19(21(17)25)20-14-34(32-29-20)13-18-6-5-16(11-28-18)23-30-31-24(35-23)22(26)27/h2-6,11,14-15,22H,7-10,12-13H2,1H3. The predicted octanol–water partition coefficient (Wildman–Crippen LogP) is 4.75. The molecule has 0 unspecified atom stereocenters. The highest BCUT2D eigenvalue weighted by atomic mass is 19.3. The van der Waals surface area contributed by atoms with Crippen LogP contribution in [0.1, 0.15) is 43.3 Å². The van der Waals surface area contributed by atoms with Crippen LogP contribution in [0.4, 0.5) is 13.2 Å². The maximum atomic E-state index is 15.3. The molecule has 0 saturated carbocycles. The number of rotatable bonds is 7. The SMILES string of the molecule is CC1CCN(Cc2cccc(-c3cn(Cc4ccc(-c5nnc(C(F)F)o5)cn4)nn3)c2F)CC1. The minimum absolute atomic E-state index is 0.0307. The molecule has 0 amide bonds. The van der Waals surface area contributed by atoms with Crippen LogP contribution in [0.3, 0.4) is 0 Å². The number of piperidine rings is 1. The van der Waals surface area contributed by atoms with Gasteiger partial charge in [0.1, 0.15) is 11.5 Å². The van der Waals surface area contributed by atoms with Gasteiger partial charge in [-0.25, -0.2) is 9.07 Å². The molecule has 0 radical (unpaired) electrons. The molecule has 3 aromatic heterocycles. The number of alkyl halides is 2. The molecule has 0 bridgehead atoms. The Morgan fingerprint density at radius 1 is 1.06 bits per heavy atom. The molecular formula is C24H24F3N7O. The lowest BCUT2D eigenvalue weighted by molar-refractivity contribution is 0.116. The highest BCUT2D eigenvalue weighted by Crippen LogP contribution is 2.26. The van der Waals surface area contributed by atoms with Crippen LogP contribution in [0.25, 0.3) is 22.7 Å². The third-order valence-electron chi connectivity index (χ3n) is 6.19. The van der Waals surface area contributed by atoms with Crippen molar-refractivity contribution in [2.24, 2.45) is 5.92 Å². The van der Waals surface area contributed by atoms with Crippen molar-refractivity contribution in [3.63, 3.8) is 0 Å². The van der Waals surface area contributed by atoms with Crippen molar-refractivity contribution in [1.82, 2.24) is 35.1 Å². The quantitative estimate of drug-likeness (QED) is 0.375. The summed E-state index contributed by atoms with van der Waals surface area (Å²) in [7, 11) is 0. The zero-order valence-electron chi connectivity index (χ0n) is 19.1. The minimum Gasteiger partial charge on any atom is -0.415 e. The van der Waals surface area contributed by atoms with E-state index in [4.69, 9.17) is 4.42 Å². The van der Waals surface area contributed by atoms with Crippen molar-refractivity contribution < 1.29 is 17.6 Å². The molecule has 1 aliphatic rings. The Hall–Kier alpha value is -3.60. The fraction of sp³-hybridized carbons (Fsp3) is 0.375. The van der Waals surface area contributed by atoms with Gasteiger partial charge < -0.3 is 4.42 Å². The van der Waals surface area contributed by atoms with Crippen LogP contribution in [0.15, 0.2) is 47.1 Å². The van der Waals surface area contributed by atoms with E-state index < -0.39 is 12.3 Å². The molecule has 1 saturated heterocycles. The Morgan fingerprint density at radius 2 is 1.89 bits per heavy atom. The van der Waals surface area contributed by atoms with Crippen LogP contribution < -0.4 is 0 Å². The molecule has 11 heteroatoms. The molecule has 4 aromatic rings. The highest BCUT2D eigenvalue weighted by Gasteiger charge is 2.20. The molecule has 0 N–H and O–H groups in total. The van der Waals surface area contributed by atoms with Crippen molar-refractivity contribution in [1.29, 1.82) is 0 Å². The first kappa shape index (κ1) is 23.2. The van der Waals surface area contributed by atoms with E-state index in [-0.39, 0.29) is 11.7 Å². The molecule has 4 heterocycles. The van der Waals surface area contributed by atoms with Crippen LogP contribution in [0.5, 0.6) is 0 Å². The smallest absolute Gasteiger partial charge is 0.314 e. The van der Waals surface area contributed by atoms with Crippen LogP contribution in [0.2, 0.25) is 0 Å². The molecule has 35 heavy (non-hydrogen) atoms. The molecule has 1 fully saturated rings. The van der Waals surface area contributed by atoms with Crippen molar-refractivity contribution >= 4 is 0 Å². The van der Waals surface area contributed by atoms with E-state index in [1.165, 1.54) is 6.20 Å². The van der Waals surface area contributed by atoms with Gasteiger partial charge in [0.15, 0.2) is 0 Å². The van der Waals surface area contributed by atoms with Crippen LogP contribution in [-0.4, -0.2) is 48.2 Å². The van der Waals surface area contributed by atoms with Gasteiger partial charge in [-0.15, -0.1) is 15.3 Å². The van der Waals surface area contributed by atoms with E-state index in [0.717, 1.165) is 31.8 Å². The Balaban J connectivity index is 1.27. The summed E-state index contributed by atoms with van der Waals surface area (Å²) in [5.74, 6) is -0.318. The first-order valence-electron chi connectivity index (χ1n) is 11.4.